The maximum absolute atomic E-state index is 12.2. The van der Waals surface area contributed by atoms with Gasteiger partial charge in [-0.25, -0.2) is 0 Å². The standard InChI is InChI=1S/C41H70O2/c1-33(2)19-14-22-36(5)25-17-28-37(6)26-15-23-34(3)20-12-13-21-35(4)24-16-27-38(7)29-18-30-39(8)31-32-40(42)41(9,10)43-11/h19,23-25,29,31,37H,12-18,20-22,26-28,30,32H2,1-11H3/b34-23+,35-24+,36-25+,38-29+,39-31+. The number of Topliss-reactive ketones (excluding diaryl/α,β-unsaturated/α-hetero) is 1. The number of unbranched alkanes of at least 4 members (excludes halogenated alkanes) is 1. The molecule has 1 unspecified atom stereocenters. The van der Waals surface area contributed by atoms with Gasteiger partial charge in [0.2, 0.25) is 0 Å². The van der Waals surface area contributed by atoms with E-state index in [1.165, 1.54) is 86.5 Å². The quantitative estimate of drug-likeness (QED) is 0.0820. The Labute approximate surface area is 268 Å². The third-order valence-electron chi connectivity index (χ3n) is 8.67. The minimum Gasteiger partial charge on any atom is -0.371 e. The summed E-state index contributed by atoms with van der Waals surface area (Å²) in [5, 5.41) is 0. The molecule has 0 heterocycles. The first-order chi connectivity index (χ1) is 20.3. The van der Waals surface area contributed by atoms with E-state index >= 15 is 0 Å². The van der Waals surface area contributed by atoms with Crippen LogP contribution in [0.25, 0.3) is 0 Å². The second-order valence-electron chi connectivity index (χ2n) is 14.0. The molecule has 0 N–H and O–H groups in total. The van der Waals surface area contributed by atoms with Gasteiger partial charge in [0.1, 0.15) is 5.60 Å². The fourth-order valence-corrected chi connectivity index (χ4v) is 5.00. The van der Waals surface area contributed by atoms with E-state index in [-0.39, 0.29) is 5.78 Å². The Bertz CT molecular complexity index is 960. The fraction of sp³-hybridized carbons (Fsp3) is 0.683. The van der Waals surface area contributed by atoms with Gasteiger partial charge in [-0.15, -0.1) is 0 Å². The molecule has 43 heavy (non-hydrogen) atoms. The second kappa shape index (κ2) is 24.4. The predicted octanol–water partition coefficient (Wildman–Crippen LogP) is 13.2. The maximum atomic E-state index is 12.2. The zero-order chi connectivity index (χ0) is 32.7. The first kappa shape index (κ1) is 41.1. The Morgan fingerprint density at radius 3 is 1.37 bits per heavy atom. The van der Waals surface area contributed by atoms with Crippen LogP contribution < -0.4 is 0 Å². The summed E-state index contributed by atoms with van der Waals surface area (Å²) in [5.74, 6) is 0.931. The third-order valence-corrected chi connectivity index (χ3v) is 8.67. The molecule has 0 radical (unpaired) electrons. The Balaban J connectivity index is 4.10. The number of hydrogen-bond acceptors (Lipinski definition) is 2. The fourth-order valence-electron chi connectivity index (χ4n) is 5.00. The summed E-state index contributed by atoms with van der Waals surface area (Å²) in [6, 6.07) is 0. The van der Waals surface area contributed by atoms with E-state index in [9.17, 15) is 4.79 Å². The first-order valence-electron chi connectivity index (χ1n) is 17.3. The lowest BCUT2D eigenvalue weighted by atomic mass is 9.97. The van der Waals surface area contributed by atoms with Crippen molar-refractivity contribution in [2.24, 2.45) is 5.92 Å². The van der Waals surface area contributed by atoms with Gasteiger partial charge >= 0.3 is 0 Å². The zero-order valence-corrected chi connectivity index (χ0v) is 30.5. The van der Waals surface area contributed by atoms with E-state index in [2.05, 4.69) is 91.8 Å². The van der Waals surface area contributed by atoms with E-state index in [0.29, 0.717) is 6.42 Å². The summed E-state index contributed by atoms with van der Waals surface area (Å²) in [6.45, 7) is 21.7. The average Bonchev–Trinajstić information content (AvgIpc) is 2.93. The van der Waals surface area contributed by atoms with Gasteiger partial charge in [0.25, 0.3) is 0 Å². The van der Waals surface area contributed by atoms with E-state index in [4.69, 9.17) is 4.74 Å². The van der Waals surface area contributed by atoms with Crippen molar-refractivity contribution in [2.75, 3.05) is 7.11 Å². The maximum Gasteiger partial charge on any atom is 0.167 e. The summed E-state index contributed by atoms with van der Waals surface area (Å²) in [6.07, 6.45) is 31.4. The van der Waals surface area contributed by atoms with Crippen molar-refractivity contribution in [3.63, 3.8) is 0 Å². The second-order valence-corrected chi connectivity index (χ2v) is 14.0. The number of allylic oxidation sites excluding steroid dienone is 12. The highest BCUT2D eigenvalue weighted by Crippen LogP contribution is 2.19. The van der Waals surface area contributed by atoms with E-state index < -0.39 is 5.60 Å². The van der Waals surface area contributed by atoms with E-state index in [1.807, 2.05) is 13.8 Å². The van der Waals surface area contributed by atoms with E-state index in [1.54, 1.807) is 18.3 Å². The molecule has 0 aromatic rings. The molecule has 0 rings (SSSR count). The number of methoxy groups -OCH3 is 1. The smallest absolute Gasteiger partial charge is 0.167 e. The van der Waals surface area contributed by atoms with Crippen LogP contribution >= 0.6 is 0 Å². The first-order valence-corrected chi connectivity index (χ1v) is 17.3. The molecule has 0 bridgehead atoms. The molecule has 2 heteroatoms. The summed E-state index contributed by atoms with van der Waals surface area (Å²) in [5.41, 5.74) is 8.11. The Morgan fingerprint density at radius 2 is 0.953 bits per heavy atom. The van der Waals surface area contributed by atoms with Crippen LogP contribution in [0.4, 0.5) is 0 Å². The highest BCUT2D eigenvalue weighted by Gasteiger charge is 2.25. The van der Waals surface area contributed by atoms with Crippen LogP contribution in [0.1, 0.15) is 166 Å². The minimum atomic E-state index is -0.698. The normalized spacial score (nSPS) is 14.7. The zero-order valence-electron chi connectivity index (χ0n) is 30.5. The SMILES string of the molecule is COC(C)(C)C(=O)C/C=C(\C)CC/C=C(\C)CC/C=C(\C)CCCC/C(C)=C/CCC(C)CC/C=C(\C)CCC=C(C)C. The van der Waals surface area contributed by atoms with Gasteiger partial charge in [-0.1, -0.05) is 76.8 Å². The van der Waals surface area contributed by atoms with Gasteiger partial charge in [-0.3, -0.25) is 4.79 Å². The Kier molecular flexibility index (Phi) is 23.3. The van der Waals surface area contributed by atoms with Gasteiger partial charge < -0.3 is 4.74 Å². The molecular formula is C41H70O2. The summed E-state index contributed by atoms with van der Waals surface area (Å²) in [7, 11) is 1.59. The molecule has 0 spiro atoms. The summed E-state index contributed by atoms with van der Waals surface area (Å²) >= 11 is 0. The van der Waals surface area contributed by atoms with Crippen molar-refractivity contribution in [2.45, 2.75) is 171 Å². The molecule has 0 amide bonds. The van der Waals surface area contributed by atoms with Crippen molar-refractivity contribution in [3.8, 4) is 0 Å². The number of rotatable bonds is 24. The van der Waals surface area contributed by atoms with Crippen LogP contribution in [0.2, 0.25) is 0 Å². The number of ether oxygens (including phenoxy) is 1. The van der Waals surface area contributed by atoms with Gasteiger partial charge in [-0.2, -0.15) is 0 Å². The summed E-state index contributed by atoms with van der Waals surface area (Å²) in [4.78, 5) is 12.2. The van der Waals surface area contributed by atoms with Crippen LogP contribution in [-0.2, 0) is 9.53 Å². The van der Waals surface area contributed by atoms with Gasteiger partial charge in [0.05, 0.1) is 0 Å². The van der Waals surface area contributed by atoms with Crippen molar-refractivity contribution < 1.29 is 9.53 Å². The monoisotopic (exact) mass is 595 g/mol. The van der Waals surface area contributed by atoms with Gasteiger partial charge in [0.15, 0.2) is 5.78 Å². The number of carbonyl (C=O) groups is 1. The number of carbonyl (C=O) groups excluding carboxylic acids is 1. The number of ketones is 1. The average molecular weight is 595 g/mol. The minimum absolute atomic E-state index is 0.131. The van der Waals surface area contributed by atoms with Crippen LogP contribution in [0.15, 0.2) is 69.9 Å². The molecule has 246 valence electrons. The molecule has 0 aliphatic rings. The highest BCUT2D eigenvalue weighted by atomic mass is 16.5. The van der Waals surface area contributed by atoms with Gasteiger partial charge in [-0.05, 0) is 158 Å². The molecule has 0 aromatic carbocycles. The van der Waals surface area contributed by atoms with Crippen LogP contribution in [0.3, 0.4) is 0 Å². The van der Waals surface area contributed by atoms with Crippen molar-refractivity contribution >= 4 is 5.78 Å². The van der Waals surface area contributed by atoms with Gasteiger partial charge in [0, 0.05) is 13.5 Å². The molecule has 0 aromatic heterocycles. The summed E-state index contributed by atoms with van der Waals surface area (Å²) < 4.78 is 5.28. The van der Waals surface area contributed by atoms with Crippen molar-refractivity contribution in [1.82, 2.24) is 0 Å². The topological polar surface area (TPSA) is 26.3 Å². The Morgan fingerprint density at radius 1 is 0.581 bits per heavy atom. The molecule has 1 atom stereocenters. The molecule has 2 nitrogen and oxygen atoms in total. The van der Waals surface area contributed by atoms with E-state index in [0.717, 1.165) is 31.6 Å². The molecule has 0 aliphatic heterocycles. The van der Waals surface area contributed by atoms with Crippen molar-refractivity contribution in [3.05, 3.63) is 69.9 Å². The van der Waals surface area contributed by atoms with Crippen LogP contribution in [0.5, 0.6) is 0 Å². The van der Waals surface area contributed by atoms with Crippen LogP contribution in [0, 0.1) is 5.92 Å². The molecule has 0 saturated heterocycles. The lowest BCUT2D eigenvalue weighted by Crippen LogP contribution is -2.33. The largest absolute Gasteiger partial charge is 0.371 e. The molecule has 0 fully saturated rings. The third kappa shape index (κ3) is 24.1. The highest BCUT2D eigenvalue weighted by molar-refractivity contribution is 5.87. The lowest BCUT2D eigenvalue weighted by Gasteiger charge is -2.20. The molecule has 0 aliphatic carbocycles. The lowest BCUT2D eigenvalue weighted by molar-refractivity contribution is -0.136. The van der Waals surface area contributed by atoms with Crippen LogP contribution in [-0.4, -0.2) is 18.5 Å². The number of hydrogen-bond donors (Lipinski definition) is 0. The Hall–Kier alpha value is -1.93. The molecule has 0 saturated carbocycles. The molecular weight excluding hydrogens is 524 g/mol. The van der Waals surface area contributed by atoms with Crippen molar-refractivity contribution in [1.29, 1.82) is 0 Å². The predicted molar refractivity (Wildman–Crippen MR) is 193 cm³/mol.